The van der Waals surface area contributed by atoms with Crippen LogP contribution in [0.15, 0.2) is 57.5 Å². The fourth-order valence-corrected chi connectivity index (χ4v) is 3.54. The van der Waals surface area contributed by atoms with Gasteiger partial charge < -0.3 is 9.42 Å². The molecule has 4 rings (SSSR count). The van der Waals surface area contributed by atoms with E-state index >= 15 is 0 Å². The van der Waals surface area contributed by atoms with Crippen molar-refractivity contribution in [1.29, 1.82) is 0 Å². The molecule has 0 aliphatic carbocycles. The SMILES string of the molecule is O=C1CCC(c2nc(-c3cccc(Br)c3)no2)N1Cc1cccc(F)c1. The van der Waals surface area contributed by atoms with Gasteiger partial charge in [-0.05, 0) is 36.2 Å². The summed E-state index contributed by atoms with van der Waals surface area (Å²) in [5.41, 5.74) is 1.56. The van der Waals surface area contributed by atoms with Crippen LogP contribution in [0, 0.1) is 5.82 Å². The lowest BCUT2D eigenvalue weighted by Gasteiger charge is -2.22. The Kier molecular flexibility index (Phi) is 4.55. The molecular formula is C19H15BrFN3O2. The van der Waals surface area contributed by atoms with Crippen LogP contribution in [0.3, 0.4) is 0 Å². The molecule has 132 valence electrons. The van der Waals surface area contributed by atoms with Gasteiger partial charge in [0.15, 0.2) is 0 Å². The maximum Gasteiger partial charge on any atom is 0.249 e. The van der Waals surface area contributed by atoms with Gasteiger partial charge >= 0.3 is 0 Å². The van der Waals surface area contributed by atoms with Crippen molar-refractivity contribution in [3.05, 3.63) is 70.3 Å². The number of nitrogens with zero attached hydrogens (tertiary/aromatic N) is 3. The first-order chi connectivity index (χ1) is 12.6. The number of benzene rings is 2. The predicted molar refractivity (Wildman–Crippen MR) is 96.4 cm³/mol. The van der Waals surface area contributed by atoms with E-state index in [0.717, 1.165) is 15.6 Å². The molecular weight excluding hydrogens is 401 g/mol. The van der Waals surface area contributed by atoms with Crippen LogP contribution in [0.4, 0.5) is 4.39 Å². The van der Waals surface area contributed by atoms with Crippen molar-refractivity contribution in [2.24, 2.45) is 0 Å². The maximum atomic E-state index is 13.4. The van der Waals surface area contributed by atoms with Crippen LogP contribution < -0.4 is 0 Å². The van der Waals surface area contributed by atoms with Gasteiger partial charge in [0.05, 0.1) is 0 Å². The molecule has 1 saturated heterocycles. The minimum Gasteiger partial charge on any atom is -0.337 e. The van der Waals surface area contributed by atoms with Crippen molar-refractivity contribution in [3.8, 4) is 11.4 Å². The molecule has 0 bridgehead atoms. The molecule has 7 heteroatoms. The van der Waals surface area contributed by atoms with Crippen LogP contribution in [0.2, 0.25) is 0 Å². The summed E-state index contributed by atoms with van der Waals surface area (Å²) in [6.45, 7) is 0.315. The summed E-state index contributed by atoms with van der Waals surface area (Å²) < 4.78 is 19.8. The molecule has 1 fully saturated rings. The largest absolute Gasteiger partial charge is 0.337 e. The van der Waals surface area contributed by atoms with Crippen LogP contribution in [0.25, 0.3) is 11.4 Å². The van der Waals surface area contributed by atoms with Gasteiger partial charge in [0.25, 0.3) is 0 Å². The number of hydrogen-bond acceptors (Lipinski definition) is 4. The Balaban J connectivity index is 1.59. The highest BCUT2D eigenvalue weighted by Crippen LogP contribution is 2.34. The zero-order valence-electron chi connectivity index (χ0n) is 13.7. The third-order valence-corrected chi connectivity index (χ3v) is 4.87. The molecule has 0 radical (unpaired) electrons. The zero-order chi connectivity index (χ0) is 18.1. The van der Waals surface area contributed by atoms with Crippen LogP contribution in [0.1, 0.15) is 30.3 Å². The molecule has 1 aliphatic heterocycles. The first kappa shape index (κ1) is 16.9. The summed E-state index contributed by atoms with van der Waals surface area (Å²) in [6.07, 6.45) is 1.02. The number of halogens is 2. The first-order valence-electron chi connectivity index (χ1n) is 8.23. The quantitative estimate of drug-likeness (QED) is 0.629. The van der Waals surface area contributed by atoms with Gasteiger partial charge in [0.1, 0.15) is 11.9 Å². The highest BCUT2D eigenvalue weighted by atomic mass is 79.9. The Morgan fingerprint density at radius 2 is 2.08 bits per heavy atom. The van der Waals surface area contributed by atoms with Gasteiger partial charge in [-0.15, -0.1) is 0 Å². The third kappa shape index (κ3) is 3.39. The Labute approximate surface area is 158 Å². The average Bonchev–Trinajstić information content (AvgIpc) is 3.23. The van der Waals surface area contributed by atoms with E-state index in [-0.39, 0.29) is 17.8 Å². The summed E-state index contributed by atoms with van der Waals surface area (Å²) in [5, 5.41) is 4.05. The molecule has 1 unspecified atom stereocenters. The second-order valence-corrected chi connectivity index (χ2v) is 7.09. The summed E-state index contributed by atoms with van der Waals surface area (Å²) in [7, 11) is 0. The van der Waals surface area contributed by atoms with Crippen LogP contribution in [-0.2, 0) is 11.3 Å². The summed E-state index contributed by atoms with van der Waals surface area (Å²) in [6, 6.07) is 13.6. The van der Waals surface area contributed by atoms with Crippen LogP contribution >= 0.6 is 15.9 Å². The molecule has 1 atom stereocenters. The third-order valence-electron chi connectivity index (χ3n) is 4.38. The predicted octanol–water partition coefficient (Wildman–Crippen LogP) is 4.50. The second kappa shape index (κ2) is 6.99. The molecule has 5 nitrogen and oxygen atoms in total. The highest BCUT2D eigenvalue weighted by Gasteiger charge is 2.36. The van der Waals surface area contributed by atoms with Crippen molar-refractivity contribution < 1.29 is 13.7 Å². The Morgan fingerprint density at radius 1 is 1.23 bits per heavy atom. The van der Waals surface area contributed by atoms with Crippen molar-refractivity contribution >= 4 is 21.8 Å². The Bertz CT molecular complexity index is 959. The topological polar surface area (TPSA) is 59.2 Å². The lowest BCUT2D eigenvalue weighted by molar-refractivity contribution is -0.130. The van der Waals surface area contributed by atoms with Gasteiger partial charge in [0.2, 0.25) is 17.6 Å². The highest BCUT2D eigenvalue weighted by molar-refractivity contribution is 9.10. The molecule has 2 heterocycles. The number of hydrogen-bond donors (Lipinski definition) is 0. The number of carbonyl (C=O) groups excluding carboxylic acids is 1. The number of likely N-dealkylation sites (tertiary alicyclic amines) is 1. The average molecular weight is 416 g/mol. The summed E-state index contributed by atoms with van der Waals surface area (Å²) in [4.78, 5) is 18.5. The van der Waals surface area contributed by atoms with Crippen molar-refractivity contribution in [3.63, 3.8) is 0 Å². The summed E-state index contributed by atoms with van der Waals surface area (Å²) in [5.74, 6) is 0.565. The molecule has 1 amide bonds. The Morgan fingerprint density at radius 3 is 2.88 bits per heavy atom. The Hall–Kier alpha value is -2.54. The lowest BCUT2D eigenvalue weighted by atomic mass is 10.1. The molecule has 26 heavy (non-hydrogen) atoms. The molecule has 0 spiro atoms. The molecule has 3 aromatic rings. The van der Waals surface area contributed by atoms with E-state index in [9.17, 15) is 9.18 Å². The number of rotatable bonds is 4. The van der Waals surface area contributed by atoms with E-state index < -0.39 is 0 Å². The van der Waals surface area contributed by atoms with E-state index in [0.29, 0.717) is 31.1 Å². The number of aromatic nitrogens is 2. The van der Waals surface area contributed by atoms with Crippen molar-refractivity contribution in [2.45, 2.75) is 25.4 Å². The van der Waals surface area contributed by atoms with E-state index in [2.05, 4.69) is 26.1 Å². The first-order valence-corrected chi connectivity index (χ1v) is 9.03. The second-order valence-electron chi connectivity index (χ2n) is 6.17. The van der Waals surface area contributed by atoms with E-state index in [1.54, 1.807) is 17.0 Å². The minimum absolute atomic E-state index is 0.00136. The monoisotopic (exact) mass is 415 g/mol. The van der Waals surface area contributed by atoms with E-state index in [4.69, 9.17) is 4.52 Å². The summed E-state index contributed by atoms with van der Waals surface area (Å²) >= 11 is 3.42. The van der Waals surface area contributed by atoms with Gasteiger partial charge in [0, 0.05) is 23.0 Å². The number of amides is 1. The fourth-order valence-electron chi connectivity index (χ4n) is 3.14. The molecule has 1 aromatic heterocycles. The van der Waals surface area contributed by atoms with Crippen molar-refractivity contribution in [1.82, 2.24) is 15.0 Å². The molecule has 2 aromatic carbocycles. The maximum absolute atomic E-state index is 13.4. The number of carbonyl (C=O) groups is 1. The van der Waals surface area contributed by atoms with Crippen LogP contribution in [0.5, 0.6) is 0 Å². The fraction of sp³-hybridized carbons (Fsp3) is 0.211. The zero-order valence-corrected chi connectivity index (χ0v) is 15.3. The van der Waals surface area contributed by atoms with E-state index in [1.807, 2.05) is 24.3 Å². The van der Waals surface area contributed by atoms with Gasteiger partial charge in [-0.25, -0.2) is 4.39 Å². The van der Waals surface area contributed by atoms with Crippen LogP contribution in [-0.4, -0.2) is 20.9 Å². The van der Waals surface area contributed by atoms with E-state index in [1.165, 1.54) is 12.1 Å². The normalized spacial score (nSPS) is 17.1. The molecule has 0 N–H and O–H groups in total. The molecule has 0 saturated carbocycles. The molecule has 1 aliphatic rings. The van der Waals surface area contributed by atoms with Gasteiger partial charge in [-0.1, -0.05) is 45.4 Å². The minimum atomic E-state index is -0.319. The van der Waals surface area contributed by atoms with Crippen molar-refractivity contribution in [2.75, 3.05) is 0 Å². The lowest BCUT2D eigenvalue weighted by Crippen LogP contribution is -2.27. The van der Waals surface area contributed by atoms with Gasteiger partial charge in [-0.3, -0.25) is 4.79 Å². The standard InChI is InChI=1S/C19H15BrFN3O2/c20-14-5-2-4-13(10-14)18-22-19(26-23-18)16-7-8-17(25)24(16)11-12-3-1-6-15(21)9-12/h1-6,9-10,16H,7-8,11H2. The smallest absolute Gasteiger partial charge is 0.249 e. The van der Waals surface area contributed by atoms with Gasteiger partial charge in [-0.2, -0.15) is 4.98 Å².